The Balaban J connectivity index is 1.75. The summed E-state index contributed by atoms with van der Waals surface area (Å²) in [5, 5.41) is 0.457. The molecule has 0 bridgehead atoms. The molecule has 3 aromatic rings. The van der Waals surface area contributed by atoms with Gasteiger partial charge in [0.05, 0.1) is 25.7 Å². The molecule has 1 aliphatic heterocycles. The van der Waals surface area contributed by atoms with E-state index >= 15 is 0 Å². The normalized spacial score (nSPS) is 15.3. The van der Waals surface area contributed by atoms with Crippen molar-refractivity contribution in [2.24, 2.45) is 0 Å². The number of hydrogen-bond donors (Lipinski definition) is 0. The van der Waals surface area contributed by atoms with Crippen molar-refractivity contribution in [3.63, 3.8) is 0 Å². The molecule has 1 aliphatic rings. The highest BCUT2D eigenvalue weighted by molar-refractivity contribution is 5.81. The minimum atomic E-state index is -0.340. The SMILES string of the molecule is COc1cccc(OC(C)c2cc(C)cc3c(=O)nc(N4CCOCC4)oc23)c1. The molecular weight excluding hydrogens is 372 g/mol. The van der Waals surface area contributed by atoms with Gasteiger partial charge in [-0.25, -0.2) is 0 Å². The lowest BCUT2D eigenvalue weighted by Crippen LogP contribution is -2.37. The van der Waals surface area contributed by atoms with E-state index in [1.54, 1.807) is 13.2 Å². The van der Waals surface area contributed by atoms with Crippen molar-refractivity contribution < 1.29 is 18.6 Å². The topological polar surface area (TPSA) is 74.0 Å². The average molecular weight is 396 g/mol. The smallest absolute Gasteiger partial charge is 0.301 e. The highest BCUT2D eigenvalue weighted by atomic mass is 16.5. The lowest BCUT2D eigenvalue weighted by molar-refractivity contribution is 0.120. The van der Waals surface area contributed by atoms with Gasteiger partial charge in [-0.15, -0.1) is 0 Å². The molecule has 1 unspecified atom stereocenters. The molecule has 0 radical (unpaired) electrons. The molecule has 1 saturated heterocycles. The van der Waals surface area contributed by atoms with Gasteiger partial charge in [-0.05, 0) is 43.7 Å². The first-order valence-electron chi connectivity index (χ1n) is 9.64. The molecule has 4 rings (SSSR count). The number of fused-ring (bicyclic) bond motifs is 1. The Hall–Kier alpha value is -3.06. The maximum atomic E-state index is 12.7. The van der Waals surface area contributed by atoms with Gasteiger partial charge < -0.3 is 23.5 Å². The fourth-order valence-electron chi connectivity index (χ4n) is 3.47. The monoisotopic (exact) mass is 396 g/mol. The van der Waals surface area contributed by atoms with Gasteiger partial charge in [0, 0.05) is 24.7 Å². The third-order valence-electron chi connectivity index (χ3n) is 4.96. The number of morpholine rings is 1. The molecule has 7 nitrogen and oxygen atoms in total. The lowest BCUT2D eigenvalue weighted by atomic mass is 10.0. The summed E-state index contributed by atoms with van der Waals surface area (Å²) < 4.78 is 22.9. The van der Waals surface area contributed by atoms with Crippen molar-refractivity contribution >= 4 is 17.0 Å². The molecule has 0 saturated carbocycles. The molecule has 1 aromatic heterocycles. The summed E-state index contributed by atoms with van der Waals surface area (Å²) in [6, 6.07) is 11.5. The number of benzene rings is 2. The van der Waals surface area contributed by atoms with Crippen molar-refractivity contribution in [2.75, 3.05) is 38.3 Å². The molecular formula is C22H24N2O5. The Morgan fingerprint density at radius 2 is 1.90 bits per heavy atom. The van der Waals surface area contributed by atoms with Gasteiger partial charge in [0.1, 0.15) is 17.6 Å². The predicted octanol–water partition coefficient (Wildman–Crippen LogP) is 3.48. The van der Waals surface area contributed by atoms with E-state index in [4.69, 9.17) is 18.6 Å². The van der Waals surface area contributed by atoms with Gasteiger partial charge in [-0.2, -0.15) is 4.98 Å². The van der Waals surface area contributed by atoms with Crippen LogP contribution < -0.4 is 19.9 Å². The van der Waals surface area contributed by atoms with E-state index in [1.807, 2.05) is 49.1 Å². The molecule has 0 amide bonds. The molecule has 29 heavy (non-hydrogen) atoms. The first-order valence-corrected chi connectivity index (χ1v) is 9.64. The van der Waals surface area contributed by atoms with Crippen molar-refractivity contribution in [1.82, 2.24) is 4.98 Å². The third kappa shape index (κ3) is 4.05. The van der Waals surface area contributed by atoms with Crippen molar-refractivity contribution in [2.45, 2.75) is 20.0 Å². The van der Waals surface area contributed by atoms with Gasteiger partial charge in [-0.3, -0.25) is 4.79 Å². The Bertz CT molecular complexity index is 1070. The summed E-state index contributed by atoms with van der Waals surface area (Å²) in [5.74, 6) is 1.39. The highest BCUT2D eigenvalue weighted by Crippen LogP contribution is 2.31. The van der Waals surface area contributed by atoms with E-state index in [1.165, 1.54) is 0 Å². The molecule has 0 N–H and O–H groups in total. The Labute approximate surface area is 168 Å². The van der Waals surface area contributed by atoms with Gasteiger partial charge in [0.15, 0.2) is 5.58 Å². The number of ether oxygens (including phenoxy) is 3. The van der Waals surface area contributed by atoms with E-state index in [2.05, 4.69) is 4.98 Å². The van der Waals surface area contributed by atoms with Gasteiger partial charge in [0.25, 0.3) is 5.56 Å². The maximum Gasteiger partial charge on any atom is 0.301 e. The van der Waals surface area contributed by atoms with Crippen LogP contribution in [-0.4, -0.2) is 38.4 Å². The molecule has 152 valence electrons. The van der Waals surface area contributed by atoms with Crippen LogP contribution in [0.4, 0.5) is 6.01 Å². The molecule has 2 aromatic carbocycles. The Morgan fingerprint density at radius 3 is 2.66 bits per heavy atom. The third-order valence-corrected chi connectivity index (χ3v) is 4.96. The van der Waals surface area contributed by atoms with Crippen LogP contribution in [0.25, 0.3) is 11.0 Å². The second-order valence-corrected chi connectivity index (χ2v) is 7.07. The van der Waals surface area contributed by atoms with Crippen LogP contribution in [0.2, 0.25) is 0 Å². The van der Waals surface area contributed by atoms with Crippen LogP contribution in [0.3, 0.4) is 0 Å². The highest BCUT2D eigenvalue weighted by Gasteiger charge is 2.21. The van der Waals surface area contributed by atoms with E-state index in [0.29, 0.717) is 54.8 Å². The van der Waals surface area contributed by atoms with Crippen LogP contribution in [0.5, 0.6) is 11.5 Å². The fraction of sp³-hybridized carbons (Fsp3) is 0.364. The van der Waals surface area contributed by atoms with E-state index in [0.717, 1.165) is 11.1 Å². The lowest BCUT2D eigenvalue weighted by Gasteiger charge is -2.26. The zero-order chi connectivity index (χ0) is 20.4. The van der Waals surface area contributed by atoms with E-state index in [-0.39, 0.29) is 11.7 Å². The van der Waals surface area contributed by atoms with Gasteiger partial charge >= 0.3 is 6.01 Å². The van der Waals surface area contributed by atoms with Crippen LogP contribution in [0, 0.1) is 6.92 Å². The number of hydrogen-bond acceptors (Lipinski definition) is 7. The van der Waals surface area contributed by atoms with E-state index < -0.39 is 0 Å². The van der Waals surface area contributed by atoms with Crippen molar-refractivity contribution in [3.8, 4) is 11.5 Å². The summed E-state index contributed by atoms with van der Waals surface area (Å²) in [7, 11) is 1.62. The van der Waals surface area contributed by atoms with Crippen molar-refractivity contribution in [1.29, 1.82) is 0 Å². The number of aryl methyl sites for hydroxylation is 1. The molecule has 1 atom stereocenters. The molecule has 2 heterocycles. The minimum absolute atomic E-state index is 0.300. The summed E-state index contributed by atoms with van der Waals surface area (Å²) >= 11 is 0. The summed E-state index contributed by atoms with van der Waals surface area (Å²) in [4.78, 5) is 18.8. The van der Waals surface area contributed by atoms with E-state index in [9.17, 15) is 4.79 Å². The number of anilines is 1. The largest absolute Gasteiger partial charge is 0.497 e. The summed E-state index contributed by atoms with van der Waals surface area (Å²) in [6.45, 7) is 6.31. The Morgan fingerprint density at radius 1 is 1.14 bits per heavy atom. The summed E-state index contributed by atoms with van der Waals surface area (Å²) in [6.07, 6.45) is -0.340. The molecule has 0 spiro atoms. The predicted molar refractivity (Wildman–Crippen MR) is 110 cm³/mol. The second-order valence-electron chi connectivity index (χ2n) is 7.07. The number of nitrogens with zero attached hydrogens (tertiary/aromatic N) is 2. The average Bonchev–Trinajstić information content (AvgIpc) is 2.74. The minimum Gasteiger partial charge on any atom is -0.497 e. The maximum absolute atomic E-state index is 12.7. The Kier molecular flexibility index (Phi) is 5.40. The zero-order valence-corrected chi connectivity index (χ0v) is 16.8. The van der Waals surface area contributed by atoms with Crippen LogP contribution in [0.1, 0.15) is 24.2 Å². The second kappa shape index (κ2) is 8.13. The standard InChI is InChI=1S/C22H24N2O5/c1-14-11-18(15(2)28-17-6-4-5-16(13-17)26-3)20-19(12-14)21(25)23-22(29-20)24-7-9-27-10-8-24/h4-6,11-13,15H,7-10H2,1-3H3. The van der Waals surface area contributed by atoms with Crippen LogP contribution >= 0.6 is 0 Å². The zero-order valence-electron chi connectivity index (χ0n) is 16.8. The van der Waals surface area contributed by atoms with Gasteiger partial charge in [-0.1, -0.05) is 6.07 Å². The molecule has 7 heteroatoms. The quantitative estimate of drug-likeness (QED) is 0.654. The summed E-state index contributed by atoms with van der Waals surface area (Å²) in [5.41, 5.74) is 1.96. The molecule has 0 aliphatic carbocycles. The first-order chi connectivity index (χ1) is 14.0. The molecule has 1 fully saturated rings. The van der Waals surface area contributed by atoms with Crippen LogP contribution in [0.15, 0.2) is 45.6 Å². The fourth-order valence-corrected chi connectivity index (χ4v) is 3.47. The van der Waals surface area contributed by atoms with Gasteiger partial charge in [0.2, 0.25) is 0 Å². The van der Waals surface area contributed by atoms with Crippen LogP contribution in [-0.2, 0) is 4.74 Å². The van der Waals surface area contributed by atoms with Crippen molar-refractivity contribution in [3.05, 3.63) is 57.9 Å². The number of methoxy groups -OCH3 is 1. The number of aromatic nitrogens is 1. The first kappa shape index (κ1) is 19.3. The number of rotatable bonds is 5.